The van der Waals surface area contributed by atoms with Crippen LogP contribution in [0.3, 0.4) is 0 Å². The summed E-state index contributed by atoms with van der Waals surface area (Å²) >= 11 is 0. The van der Waals surface area contributed by atoms with Crippen LogP contribution in [0.5, 0.6) is 0 Å². The lowest BCUT2D eigenvalue weighted by atomic mass is 10.1. The Kier molecular flexibility index (Phi) is 4.50. The van der Waals surface area contributed by atoms with Gasteiger partial charge in [0.15, 0.2) is 0 Å². The molecule has 0 aliphatic heterocycles. The van der Waals surface area contributed by atoms with E-state index in [0.717, 1.165) is 5.56 Å². The highest BCUT2D eigenvalue weighted by molar-refractivity contribution is 5.97. The molecule has 2 aromatic rings. The van der Waals surface area contributed by atoms with Crippen LogP contribution in [-0.4, -0.2) is 28.5 Å². The first-order valence-electron chi connectivity index (χ1n) is 6.39. The SMILES string of the molecule is NC(=O)c1cccnc1NCCc1cccc(C(=O)O)c1. The largest absolute Gasteiger partial charge is 0.478 e. The van der Waals surface area contributed by atoms with Gasteiger partial charge < -0.3 is 16.2 Å². The van der Waals surface area contributed by atoms with Gasteiger partial charge in [-0.2, -0.15) is 0 Å². The van der Waals surface area contributed by atoms with Crippen LogP contribution < -0.4 is 11.1 Å². The first-order chi connectivity index (χ1) is 10.1. The average molecular weight is 285 g/mol. The minimum absolute atomic E-state index is 0.253. The van der Waals surface area contributed by atoms with Crippen molar-refractivity contribution in [2.24, 2.45) is 5.73 Å². The van der Waals surface area contributed by atoms with Crippen LogP contribution in [0.4, 0.5) is 5.82 Å². The molecule has 2 rings (SSSR count). The molecule has 0 unspecified atom stereocenters. The van der Waals surface area contributed by atoms with Crippen LogP contribution in [-0.2, 0) is 6.42 Å². The number of nitrogens with two attached hydrogens (primary N) is 1. The molecule has 0 fully saturated rings. The third kappa shape index (κ3) is 3.79. The van der Waals surface area contributed by atoms with Crippen molar-refractivity contribution >= 4 is 17.7 Å². The summed E-state index contributed by atoms with van der Waals surface area (Å²) in [5, 5.41) is 12.0. The minimum Gasteiger partial charge on any atom is -0.478 e. The number of pyridine rings is 1. The highest BCUT2D eigenvalue weighted by Crippen LogP contribution is 2.11. The molecule has 6 heteroatoms. The van der Waals surface area contributed by atoms with E-state index in [1.54, 1.807) is 36.5 Å². The molecular formula is C15H15N3O3. The Morgan fingerprint density at radius 1 is 1.24 bits per heavy atom. The predicted molar refractivity (Wildman–Crippen MR) is 78.3 cm³/mol. The number of nitrogens with one attached hydrogen (secondary N) is 1. The van der Waals surface area contributed by atoms with Crippen molar-refractivity contribution in [3.05, 3.63) is 59.3 Å². The monoisotopic (exact) mass is 285 g/mol. The molecule has 1 amide bonds. The molecular weight excluding hydrogens is 270 g/mol. The fraction of sp³-hybridized carbons (Fsp3) is 0.133. The van der Waals surface area contributed by atoms with Gasteiger partial charge in [-0.1, -0.05) is 12.1 Å². The number of carbonyl (C=O) groups excluding carboxylic acids is 1. The second kappa shape index (κ2) is 6.51. The first-order valence-corrected chi connectivity index (χ1v) is 6.39. The van der Waals surface area contributed by atoms with Crippen molar-refractivity contribution in [2.45, 2.75) is 6.42 Å². The molecule has 0 saturated heterocycles. The van der Waals surface area contributed by atoms with Crippen LogP contribution in [0.1, 0.15) is 26.3 Å². The number of carboxylic acid groups (broad SMARTS) is 1. The van der Waals surface area contributed by atoms with Gasteiger partial charge in [0.25, 0.3) is 5.91 Å². The zero-order valence-electron chi connectivity index (χ0n) is 11.2. The lowest BCUT2D eigenvalue weighted by Gasteiger charge is -2.09. The van der Waals surface area contributed by atoms with Gasteiger partial charge in [-0.3, -0.25) is 4.79 Å². The molecule has 21 heavy (non-hydrogen) atoms. The van der Waals surface area contributed by atoms with Gasteiger partial charge in [-0.05, 0) is 36.2 Å². The molecule has 4 N–H and O–H groups in total. The Balaban J connectivity index is 2.00. The number of rotatable bonds is 6. The third-order valence-corrected chi connectivity index (χ3v) is 2.95. The summed E-state index contributed by atoms with van der Waals surface area (Å²) in [6.45, 7) is 0.514. The molecule has 0 bridgehead atoms. The molecule has 1 heterocycles. The van der Waals surface area contributed by atoms with Crippen molar-refractivity contribution in [3.8, 4) is 0 Å². The third-order valence-electron chi connectivity index (χ3n) is 2.95. The maximum absolute atomic E-state index is 11.3. The lowest BCUT2D eigenvalue weighted by molar-refractivity contribution is 0.0696. The van der Waals surface area contributed by atoms with E-state index in [2.05, 4.69) is 10.3 Å². The van der Waals surface area contributed by atoms with E-state index < -0.39 is 11.9 Å². The van der Waals surface area contributed by atoms with Crippen LogP contribution in [0.2, 0.25) is 0 Å². The molecule has 0 atom stereocenters. The van der Waals surface area contributed by atoms with Crippen molar-refractivity contribution in [3.63, 3.8) is 0 Å². The van der Waals surface area contributed by atoms with Gasteiger partial charge in [0.1, 0.15) is 5.82 Å². The summed E-state index contributed by atoms with van der Waals surface area (Å²) < 4.78 is 0. The van der Waals surface area contributed by atoms with Gasteiger partial charge in [-0.25, -0.2) is 9.78 Å². The fourth-order valence-electron chi connectivity index (χ4n) is 1.93. The Labute approximate surface area is 121 Å². The number of amides is 1. The lowest BCUT2D eigenvalue weighted by Crippen LogP contribution is -2.16. The number of primary amides is 1. The molecule has 1 aromatic heterocycles. The van der Waals surface area contributed by atoms with Crippen molar-refractivity contribution in [1.82, 2.24) is 4.98 Å². The molecule has 0 aliphatic rings. The van der Waals surface area contributed by atoms with E-state index in [1.165, 1.54) is 0 Å². The van der Waals surface area contributed by atoms with E-state index in [1.807, 2.05) is 6.07 Å². The van der Waals surface area contributed by atoms with Gasteiger partial charge >= 0.3 is 5.97 Å². The molecule has 6 nitrogen and oxygen atoms in total. The van der Waals surface area contributed by atoms with E-state index in [-0.39, 0.29) is 5.56 Å². The fourth-order valence-corrected chi connectivity index (χ4v) is 1.93. The van der Waals surface area contributed by atoms with Crippen LogP contribution >= 0.6 is 0 Å². The minimum atomic E-state index is -0.953. The summed E-state index contributed by atoms with van der Waals surface area (Å²) in [7, 11) is 0. The van der Waals surface area contributed by atoms with Crippen molar-refractivity contribution in [2.75, 3.05) is 11.9 Å². The zero-order chi connectivity index (χ0) is 15.2. The second-order valence-electron chi connectivity index (χ2n) is 4.45. The van der Waals surface area contributed by atoms with Gasteiger partial charge in [0.2, 0.25) is 0 Å². The van der Waals surface area contributed by atoms with E-state index in [4.69, 9.17) is 10.8 Å². The number of hydrogen-bond acceptors (Lipinski definition) is 4. The number of carboxylic acids is 1. The number of nitrogens with zero attached hydrogens (tertiary/aromatic N) is 1. The van der Waals surface area contributed by atoms with E-state index in [9.17, 15) is 9.59 Å². The van der Waals surface area contributed by atoms with Gasteiger partial charge in [0, 0.05) is 12.7 Å². The summed E-state index contributed by atoms with van der Waals surface area (Å²) in [6, 6.07) is 9.96. The Morgan fingerprint density at radius 3 is 2.76 bits per heavy atom. The number of anilines is 1. The molecule has 1 aromatic carbocycles. The summed E-state index contributed by atoms with van der Waals surface area (Å²) in [5.74, 6) is -1.07. The van der Waals surface area contributed by atoms with E-state index >= 15 is 0 Å². The smallest absolute Gasteiger partial charge is 0.335 e. The summed E-state index contributed by atoms with van der Waals surface area (Å²) in [4.78, 5) is 26.2. The molecule has 0 saturated carbocycles. The van der Waals surface area contributed by atoms with E-state index in [0.29, 0.717) is 24.3 Å². The van der Waals surface area contributed by atoms with Crippen LogP contribution in [0.15, 0.2) is 42.6 Å². The quantitative estimate of drug-likeness (QED) is 0.746. The number of hydrogen-bond donors (Lipinski definition) is 3. The number of aromatic nitrogens is 1. The van der Waals surface area contributed by atoms with Crippen LogP contribution in [0.25, 0.3) is 0 Å². The number of aromatic carboxylic acids is 1. The maximum Gasteiger partial charge on any atom is 0.335 e. The molecule has 0 aliphatic carbocycles. The number of carbonyl (C=O) groups is 2. The highest BCUT2D eigenvalue weighted by atomic mass is 16.4. The van der Waals surface area contributed by atoms with Crippen LogP contribution in [0, 0.1) is 0 Å². The second-order valence-corrected chi connectivity index (χ2v) is 4.45. The van der Waals surface area contributed by atoms with Gasteiger partial charge in [0.05, 0.1) is 11.1 Å². The maximum atomic E-state index is 11.3. The standard InChI is InChI=1S/C15H15N3O3/c16-13(19)12-5-2-7-17-14(12)18-8-6-10-3-1-4-11(9-10)15(20)21/h1-5,7,9H,6,8H2,(H2,16,19)(H,17,18)(H,20,21). The van der Waals surface area contributed by atoms with Crippen molar-refractivity contribution < 1.29 is 14.7 Å². The molecule has 0 spiro atoms. The predicted octanol–water partition coefficient (Wildman–Crippen LogP) is 1.53. The summed E-state index contributed by atoms with van der Waals surface area (Å²) in [5.41, 5.74) is 6.74. The zero-order valence-corrected chi connectivity index (χ0v) is 11.2. The Bertz CT molecular complexity index is 671. The first kappa shape index (κ1) is 14.5. The number of benzene rings is 1. The van der Waals surface area contributed by atoms with Crippen molar-refractivity contribution in [1.29, 1.82) is 0 Å². The summed E-state index contributed by atoms with van der Waals surface area (Å²) in [6.07, 6.45) is 2.18. The highest BCUT2D eigenvalue weighted by Gasteiger charge is 2.08. The molecule has 0 radical (unpaired) electrons. The van der Waals surface area contributed by atoms with Gasteiger partial charge in [-0.15, -0.1) is 0 Å². The Hall–Kier alpha value is -2.89. The molecule has 108 valence electrons. The average Bonchev–Trinajstić information content (AvgIpc) is 2.48. The Morgan fingerprint density at radius 2 is 2.05 bits per heavy atom. The normalized spacial score (nSPS) is 10.1. The topological polar surface area (TPSA) is 105 Å².